The Morgan fingerprint density at radius 2 is 1.81 bits per heavy atom. The molecule has 5 nitrogen and oxygen atoms in total. The van der Waals surface area contributed by atoms with Crippen molar-refractivity contribution in [2.24, 2.45) is 0 Å². The van der Waals surface area contributed by atoms with E-state index in [1.807, 2.05) is 31.2 Å². The fourth-order valence-corrected chi connectivity index (χ4v) is 2.76. The second-order valence-corrected chi connectivity index (χ2v) is 8.43. The molecule has 0 aliphatic rings. The van der Waals surface area contributed by atoms with E-state index in [1.54, 1.807) is 24.3 Å². The van der Waals surface area contributed by atoms with E-state index in [4.69, 9.17) is 51.8 Å². The van der Waals surface area contributed by atoms with Crippen molar-refractivity contribution in [3.63, 3.8) is 0 Å². The third-order valence-electron chi connectivity index (χ3n) is 3.49. The predicted octanol–water partition coefficient (Wildman–Crippen LogP) is 4.42. The summed E-state index contributed by atoms with van der Waals surface area (Å²) in [5, 5.41) is 8.63. The number of carbonyl (C=O) groups excluding carboxylic acids is 1. The Balaban J connectivity index is 2.08. The number of hydrogen-bond donors (Lipinski definition) is 3. The van der Waals surface area contributed by atoms with Gasteiger partial charge in [0.2, 0.25) is 3.79 Å². The molecule has 0 heterocycles. The number of rotatable bonds is 5. The number of alkyl halides is 3. The van der Waals surface area contributed by atoms with Gasteiger partial charge in [-0.2, -0.15) is 0 Å². The molecular weight excluding hydrogens is 429 g/mol. The van der Waals surface area contributed by atoms with Crippen molar-refractivity contribution in [3.8, 4) is 5.75 Å². The number of halogens is 3. The van der Waals surface area contributed by atoms with Crippen molar-refractivity contribution in [3.05, 3.63) is 59.7 Å². The molecule has 0 aliphatic carbocycles. The molecular formula is C18H18Cl3N3O2S. The number of anilines is 1. The summed E-state index contributed by atoms with van der Waals surface area (Å²) < 4.78 is 3.27. The first-order valence-corrected chi connectivity index (χ1v) is 9.39. The number of benzene rings is 2. The van der Waals surface area contributed by atoms with Crippen molar-refractivity contribution in [1.29, 1.82) is 0 Å². The standard InChI is InChI=1S/C18H18Cl3N3O2S/c1-11-5-3-7-13(9-11)22-17(27)24-16(18(19,20)21)23-15(25)12-6-4-8-14(10-12)26-2/h3-10,16H,1-2H3,(H,23,25)(H2,22,24,27). The molecule has 0 spiro atoms. The summed E-state index contributed by atoms with van der Waals surface area (Å²) in [5.41, 5.74) is 2.19. The molecule has 144 valence electrons. The zero-order valence-electron chi connectivity index (χ0n) is 14.6. The maximum Gasteiger partial charge on any atom is 0.253 e. The molecule has 1 atom stereocenters. The van der Waals surface area contributed by atoms with Crippen LogP contribution in [0.5, 0.6) is 5.75 Å². The van der Waals surface area contributed by atoms with Gasteiger partial charge >= 0.3 is 0 Å². The second-order valence-electron chi connectivity index (χ2n) is 5.65. The number of methoxy groups -OCH3 is 1. The Hall–Kier alpha value is -1.73. The first-order chi connectivity index (χ1) is 12.7. The molecule has 9 heteroatoms. The first-order valence-electron chi connectivity index (χ1n) is 7.85. The highest BCUT2D eigenvalue weighted by Gasteiger charge is 2.35. The van der Waals surface area contributed by atoms with Crippen molar-refractivity contribution in [2.75, 3.05) is 12.4 Å². The van der Waals surface area contributed by atoms with Crippen LogP contribution in [0, 0.1) is 6.92 Å². The molecule has 2 aromatic rings. The number of nitrogens with one attached hydrogen (secondary N) is 3. The zero-order valence-corrected chi connectivity index (χ0v) is 17.6. The Labute approximate surface area is 178 Å². The Morgan fingerprint density at radius 1 is 1.11 bits per heavy atom. The minimum atomic E-state index is -1.84. The average molecular weight is 447 g/mol. The lowest BCUT2D eigenvalue weighted by molar-refractivity contribution is 0.0934. The molecule has 0 aromatic heterocycles. The van der Waals surface area contributed by atoms with Crippen LogP contribution in [0.2, 0.25) is 0 Å². The van der Waals surface area contributed by atoms with E-state index in [0.717, 1.165) is 11.3 Å². The fourth-order valence-electron chi connectivity index (χ4n) is 2.20. The highest BCUT2D eigenvalue weighted by atomic mass is 35.6. The summed E-state index contributed by atoms with van der Waals surface area (Å²) in [5.74, 6) is 0.0914. The van der Waals surface area contributed by atoms with Crippen LogP contribution in [-0.2, 0) is 0 Å². The van der Waals surface area contributed by atoms with Crippen molar-refractivity contribution in [2.45, 2.75) is 16.9 Å². The van der Waals surface area contributed by atoms with Crippen molar-refractivity contribution < 1.29 is 9.53 Å². The molecule has 0 aliphatic heterocycles. The van der Waals surface area contributed by atoms with Gasteiger partial charge in [0.1, 0.15) is 11.9 Å². The minimum Gasteiger partial charge on any atom is -0.497 e. The van der Waals surface area contributed by atoms with Gasteiger partial charge in [0.25, 0.3) is 5.91 Å². The summed E-state index contributed by atoms with van der Waals surface area (Å²) in [6.07, 6.45) is -1.06. The van der Waals surface area contributed by atoms with Crippen LogP contribution >= 0.6 is 47.0 Å². The van der Waals surface area contributed by atoms with E-state index in [0.29, 0.717) is 11.3 Å². The van der Waals surface area contributed by atoms with Crippen molar-refractivity contribution in [1.82, 2.24) is 10.6 Å². The lowest BCUT2D eigenvalue weighted by atomic mass is 10.2. The van der Waals surface area contributed by atoms with Crippen LogP contribution in [0.4, 0.5) is 5.69 Å². The molecule has 2 rings (SSSR count). The van der Waals surface area contributed by atoms with E-state index in [1.165, 1.54) is 7.11 Å². The molecule has 0 bridgehead atoms. The lowest BCUT2D eigenvalue weighted by Gasteiger charge is -2.28. The normalized spacial score (nSPS) is 12.0. The van der Waals surface area contributed by atoms with Crippen LogP contribution in [0.1, 0.15) is 15.9 Å². The van der Waals surface area contributed by atoms with Crippen LogP contribution in [0.3, 0.4) is 0 Å². The molecule has 27 heavy (non-hydrogen) atoms. The third-order valence-corrected chi connectivity index (χ3v) is 4.36. The van der Waals surface area contributed by atoms with Gasteiger partial charge in [0.15, 0.2) is 5.11 Å². The summed E-state index contributed by atoms with van der Waals surface area (Å²) in [6.45, 7) is 1.96. The van der Waals surface area contributed by atoms with Crippen LogP contribution in [0.15, 0.2) is 48.5 Å². The highest BCUT2D eigenvalue weighted by Crippen LogP contribution is 2.29. The van der Waals surface area contributed by atoms with Gasteiger partial charge in [0, 0.05) is 11.3 Å². The van der Waals surface area contributed by atoms with Gasteiger partial charge in [0.05, 0.1) is 7.11 Å². The largest absolute Gasteiger partial charge is 0.497 e. The number of hydrogen-bond acceptors (Lipinski definition) is 3. The number of aryl methyl sites for hydroxylation is 1. The lowest BCUT2D eigenvalue weighted by Crippen LogP contribution is -2.56. The van der Waals surface area contributed by atoms with Gasteiger partial charge in [-0.15, -0.1) is 0 Å². The first kappa shape index (κ1) is 21.6. The van der Waals surface area contributed by atoms with E-state index in [2.05, 4.69) is 16.0 Å². The Morgan fingerprint density at radius 3 is 2.44 bits per heavy atom. The average Bonchev–Trinajstić information content (AvgIpc) is 2.60. The molecule has 0 saturated heterocycles. The smallest absolute Gasteiger partial charge is 0.253 e. The van der Waals surface area contributed by atoms with Crippen LogP contribution in [0.25, 0.3) is 0 Å². The monoisotopic (exact) mass is 445 g/mol. The van der Waals surface area contributed by atoms with E-state index >= 15 is 0 Å². The van der Waals surface area contributed by atoms with Gasteiger partial charge in [-0.05, 0) is 55.0 Å². The molecule has 0 saturated carbocycles. The highest BCUT2D eigenvalue weighted by molar-refractivity contribution is 7.80. The van der Waals surface area contributed by atoms with E-state index in [9.17, 15) is 4.79 Å². The SMILES string of the molecule is COc1cccc(C(=O)NC(NC(=S)Nc2cccc(C)c2)C(Cl)(Cl)Cl)c1. The number of thiocarbonyl (C=S) groups is 1. The number of ether oxygens (including phenoxy) is 1. The molecule has 2 aromatic carbocycles. The van der Waals surface area contributed by atoms with Gasteiger partial charge < -0.3 is 20.7 Å². The predicted molar refractivity (Wildman–Crippen MR) is 115 cm³/mol. The van der Waals surface area contributed by atoms with E-state index < -0.39 is 15.9 Å². The summed E-state index contributed by atoms with van der Waals surface area (Å²) in [6, 6.07) is 14.2. The van der Waals surface area contributed by atoms with Gasteiger partial charge in [-0.25, -0.2) is 0 Å². The minimum absolute atomic E-state index is 0.197. The third kappa shape index (κ3) is 6.74. The van der Waals surface area contributed by atoms with Crippen LogP contribution in [-0.4, -0.2) is 28.1 Å². The maximum absolute atomic E-state index is 12.5. The molecule has 1 amide bonds. The van der Waals surface area contributed by atoms with Gasteiger partial charge in [-0.3, -0.25) is 4.79 Å². The second kappa shape index (κ2) is 9.46. The Kier molecular flexibility index (Phi) is 7.56. The van der Waals surface area contributed by atoms with Crippen molar-refractivity contribution >= 4 is 63.7 Å². The number of carbonyl (C=O) groups is 1. The fraction of sp³-hybridized carbons (Fsp3) is 0.222. The molecule has 3 N–H and O–H groups in total. The quantitative estimate of drug-likeness (QED) is 0.361. The topological polar surface area (TPSA) is 62.4 Å². The zero-order chi connectivity index (χ0) is 20.0. The summed E-state index contributed by atoms with van der Waals surface area (Å²) in [4.78, 5) is 12.5. The Bertz CT molecular complexity index is 827. The number of amides is 1. The molecule has 0 radical (unpaired) electrons. The molecule has 1 unspecified atom stereocenters. The summed E-state index contributed by atoms with van der Waals surface area (Å²) in [7, 11) is 1.51. The maximum atomic E-state index is 12.5. The van der Waals surface area contributed by atoms with E-state index in [-0.39, 0.29) is 5.11 Å². The molecule has 0 fully saturated rings. The van der Waals surface area contributed by atoms with Crippen LogP contribution < -0.4 is 20.7 Å². The van der Waals surface area contributed by atoms with Gasteiger partial charge in [-0.1, -0.05) is 53.0 Å². The summed E-state index contributed by atoms with van der Waals surface area (Å²) >= 11 is 23.3.